The summed E-state index contributed by atoms with van der Waals surface area (Å²) >= 11 is 0. The summed E-state index contributed by atoms with van der Waals surface area (Å²) in [4.78, 5) is 13.2. The van der Waals surface area contributed by atoms with Crippen LogP contribution in [0.1, 0.15) is 39.0 Å². The Balaban J connectivity index is 1.72. The molecule has 1 fully saturated rings. The Kier molecular flexibility index (Phi) is 6.86. The van der Waals surface area contributed by atoms with Gasteiger partial charge in [-0.3, -0.25) is 4.79 Å². The van der Waals surface area contributed by atoms with Crippen molar-refractivity contribution in [2.24, 2.45) is 0 Å². The Morgan fingerprint density at radius 1 is 1.30 bits per heavy atom. The lowest BCUT2D eigenvalue weighted by Gasteiger charge is -2.32. The van der Waals surface area contributed by atoms with Crippen LogP contribution in [-0.4, -0.2) is 48.3 Å². The average molecular weight is 320 g/mol. The lowest BCUT2D eigenvalue weighted by atomic mass is 9.94. The molecule has 1 aromatic rings. The summed E-state index contributed by atoms with van der Waals surface area (Å²) in [5.41, 5.74) is 0.738. The number of anilines is 1. The number of nitrogens with one attached hydrogen (secondary N) is 1. The minimum atomic E-state index is -0.503. The summed E-state index contributed by atoms with van der Waals surface area (Å²) < 4.78 is 5.63. The van der Waals surface area contributed by atoms with E-state index in [1.165, 1.54) is 39.0 Å². The van der Waals surface area contributed by atoms with Crippen LogP contribution in [0.25, 0.3) is 0 Å². The normalized spacial score (nSPS) is 17.0. The molecule has 5 heteroatoms. The first kappa shape index (κ1) is 17.8. The summed E-state index contributed by atoms with van der Waals surface area (Å²) in [5, 5.41) is 12.9. The Morgan fingerprint density at radius 2 is 1.96 bits per heavy atom. The highest BCUT2D eigenvalue weighted by Crippen LogP contribution is 2.22. The molecule has 1 aliphatic carbocycles. The molecule has 128 valence electrons. The molecule has 0 heterocycles. The Morgan fingerprint density at radius 3 is 2.57 bits per heavy atom. The van der Waals surface area contributed by atoms with Crippen LogP contribution in [0.2, 0.25) is 0 Å². The third-order valence-corrected chi connectivity index (χ3v) is 4.31. The van der Waals surface area contributed by atoms with E-state index in [1.54, 1.807) is 24.3 Å². The maximum atomic E-state index is 11.0. The molecule has 1 saturated carbocycles. The van der Waals surface area contributed by atoms with E-state index in [0.717, 1.165) is 5.69 Å². The number of carbonyl (C=O) groups is 1. The van der Waals surface area contributed by atoms with E-state index in [1.807, 2.05) is 0 Å². The monoisotopic (exact) mass is 320 g/mol. The number of hydrogen-bond acceptors (Lipinski definition) is 4. The number of aliphatic hydroxyl groups excluding tert-OH is 1. The fourth-order valence-electron chi connectivity index (χ4n) is 3.09. The zero-order chi connectivity index (χ0) is 16.7. The van der Waals surface area contributed by atoms with Crippen LogP contribution in [0.5, 0.6) is 5.75 Å². The van der Waals surface area contributed by atoms with E-state index in [4.69, 9.17) is 4.74 Å². The Labute approximate surface area is 138 Å². The van der Waals surface area contributed by atoms with Gasteiger partial charge in [-0.2, -0.15) is 0 Å². The lowest BCUT2D eigenvalue weighted by Crippen LogP contribution is -2.40. The molecule has 1 atom stereocenters. The van der Waals surface area contributed by atoms with Gasteiger partial charge in [0.2, 0.25) is 5.91 Å². The second-order valence-corrected chi connectivity index (χ2v) is 6.40. The minimum absolute atomic E-state index is 0.0974. The first-order valence-corrected chi connectivity index (χ1v) is 8.43. The van der Waals surface area contributed by atoms with Crippen molar-refractivity contribution in [1.82, 2.24) is 4.90 Å². The van der Waals surface area contributed by atoms with Gasteiger partial charge in [-0.15, -0.1) is 0 Å². The van der Waals surface area contributed by atoms with Gasteiger partial charge in [-0.05, 0) is 44.2 Å². The molecule has 0 spiro atoms. The topological polar surface area (TPSA) is 61.8 Å². The van der Waals surface area contributed by atoms with Crippen molar-refractivity contribution in [3.8, 4) is 5.75 Å². The van der Waals surface area contributed by atoms with Gasteiger partial charge in [0, 0.05) is 25.2 Å². The first-order valence-electron chi connectivity index (χ1n) is 8.43. The minimum Gasteiger partial charge on any atom is -0.491 e. The largest absolute Gasteiger partial charge is 0.491 e. The molecule has 0 aliphatic heterocycles. The average Bonchev–Trinajstić information content (AvgIpc) is 2.54. The van der Waals surface area contributed by atoms with Crippen LogP contribution in [0.15, 0.2) is 24.3 Å². The van der Waals surface area contributed by atoms with Crippen molar-refractivity contribution in [3.63, 3.8) is 0 Å². The molecular weight excluding hydrogens is 292 g/mol. The highest BCUT2D eigenvalue weighted by Gasteiger charge is 2.20. The molecule has 1 aromatic carbocycles. The maximum absolute atomic E-state index is 11.0. The fraction of sp³-hybridized carbons (Fsp3) is 0.611. The van der Waals surface area contributed by atoms with E-state index < -0.39 is 6.10 Å². The second kappa shape index (κ2) is 8.89. The summed E-state index contributed by atoms with van der Waals surface area (Å²) in [5.74, 6) is 0.596. The van der Waals surface area contributed by atoms with E-state index in [-0.39, 0.29) is 12.5 Å². The second-order valence-electron chi connectivity index (χ2n) is 6.40. The molecule has 1 unspecified atom stereocenters. The van der Waals surface area contributed by atoms with Gasteiger partial charge in [-0.25, -0.2) is 0 Å². The third-order valence-electron chi connectivity index (χ3n) is 4.31. The quantitative estimate of drug-likeness (QED) is 0.811. The lowest BCUT2D eigenvalue weighted by molar-refractivity contribution is -0.114. The number of likely N-dealkylation sites (N-methyl/N-ethyl adjacent to an activating group) is 1. The van der Waals surface area contributed by atoms with Crippen LogP contribution >= 0.6 is 0 Å². The Bertz CT molecular complexity index is 484. The van der Waals surface area contributed by atoms with Crippen molar-refractivity contribution in [2.75, 3.05) is 25.5 Å². The van der Waals surface area contributed by atoms with E-state index in [0.29, 0.717) is 18.3 Å². The van der Waals surface area contributed by atoms with Crippen molar-refractivity contribution in [3.05, 3.63) is 24.3 Å². The highest BCUT2D eigenvalue weighted by molar-refractivity contribution is 5.88. The maximum Gasteiger partial charge on any atom is 0.221 e. The van der Waals surface area contributed by atoms with Gasteiger partial charge in [0.05, 0.1) is 0 Å². The smallest absolute Gasteiger partial charge is 0.221 e. The predicted molar refractivity (Wildman–Crippen MR) is 91.8 cm³/mol. The van der Waals surface area contributed by atoms with Crippen LogP contribution in [0.4, 0.5) is 5.69 Å². The predicted octanol–water partition coefficient (Wildman–Crippen LogP) is 2.65. The standard InChI is InChI=1S/C18H28N2O3/c1-14(21)19-15-8-10-18(11-9-15)23-13-17(22)12-20(2)16-6-4-3-5-7-16/h8-11,16-17,22H,3-7,12-13H2,1-2H3,(H,19,21). The number of nitrogens with zero attached hydrogens (tertiary/aromatic N) is 1. The molecule has 0 aromatic heterocycles. The van der Waals surface area contributed by atoms with Gasteiger partial charge in [0.1, 0.15) is 18.5 Å². The van der Waals surface area contributed by atoms with Crippen LogP contribution in [-0.2, 0) is 4.79 Å². The van der Waals surface area contributed by atoms with Crippen molar-refractivity contribution < 1.29 is 14.6 Å². The van der Waals surface area contributed by atoms with Crippen LogP contribution < -0.4 is 10.1 Å². The number of amides is 1. The summed E-state index contributed by atoms with van der Waals surface area (Å²) in [6.45, 7) is 2.38. The molecule has 2 rings (SSSR count). The molecule has 1 amide bonds. The summed E-state index contributed by atoms with van der Waals surface area (Å²) in [6, 6.07) is 7.76. The van der Waals surface area contributed by atoms with Crippen molar-refractivity contribution in [2.45, 2.75) is 51.2 Å². The SMILES string of the molecule is CC(=O)Nc1ccc(OCC(O)CN(C)C2CCCCC2)cc1. The van der Waals surface area contributed by atoms with Crippen LogP contribution in [0.3, 0.4) is 0 Å². The summed E-state index contributed by atoms with van der Waals surface area (Å²) in [7, 11) is 2.08. The fourth-order valence-corrected chi connectivity index (χ4v) is 3.09. The van der Waals surface area contributed by atoms with E-state index in [9.17, 15) is 9.90 Å². The van der Waals surface area contributed by atoms with Gasteiger partial charge in [0.25, 0.3) is 0 Å². The molecular formula is C18H28N2O3. The van der Waals surface area contributed by atoms with Gasteiger partial charge in [-0.1, -0.05) is 19.3 Å². The molecule has 23 heavy (non-hydrogen) atoms. The summed E-state index contributed by atoms with van der Waals surface area (Å²) in [6.07, 6.45) is 5.88. The first-order chi connectivity index (χ1) is 11.0. The zero-order valence-corrected chi connectivity index (χ0v) is 14.1. The number of aliphatic hydroxyl groups is 1. The number of ether oxygens (including phenoxy) is 1. The number of hydrogen-bond donors (Lipinski definition) is 2. The third kappa shape index (κ3) is 6.20. The van der Waals surface area contributed by atoms with Crippen molar-refractivity contribution >= 4 is 11.6 Å². The highest BCUT2D eigenvalue weighted by atomic mass is 16.5. The molecule has 5 nitrogen and oxygen atoms in total. The number of carbonyl (C=O) groups excluding carboxylic acids is 1. The zero-order valence-electron chi connectivity index (χ0n) is 14.1. The van der Waals surface area contributed by atoms with Crippen molar-refractivity contribution in [1.29, 1.82) is 0 Å². The number of rotatable bonds is 7. The molecule has 0 bridgehead atoms. The van der Waals surface area contributed by atoms with Gasteiger partial charge >= 0.3 is 0 Å². The van der Waals surface area contributed by atoms with E-state index in [2.05, 4.69) is 17.3 Å². The molecule has 0 radical (unpaired) electrons. The number of benzene rings is 1. The van der Waals surface area contributed by atoms with Gasteiger partial charge < -0.3 is 20.1 Å². The van der Waals surface area contributed by atoms with Gasteiger partial charge in [0.15, 0.2) is 0 Å². The molecule has 0 saturated heterocycles. The van der Waals surface area contributed by atoms with E-state index >= 15 is 0 Å². The Hall–Kier alpha value is -1.59. The molecule has 1 aliphatic rings. The van der Waals surface area contributed by atoms with Crippen LogP contribution in [0, 0.1) is 0 Å². The molecule has 2 N–H and O–H groups in total.